The summed E-state index contributed by atoms with van der Waals surface area (Å²) in [6.07, 6.45) is 0.278. The first-order valence-corrected chi connectivity index (χ1v) is 12.1. The van der Waals surface area contributed by atoms with Gasteiger partial charge in [0.25, 0.3) is 0 Å². The summed E-state index contributed by atoms with van der Waals surface area (Å²) in [5, 5.41) is 2.53. The SMILES string of the molecule is C.C.CCOC(OCC)c1ccc(Br)nc1Br.O=Cc1ccc(Nc2c(F)cccc2F)nc1Br. The van der Waals surface area contributed by atoms with Crippen molar-refractivity contribution in [3.63, 3.8) is 0 Å². The summed E-state index contributed by atoms with van der Waals surface area (Å²) in [6, 6.07) is 10.3. The van der Waals surface area contributed by atoms with Gasteiger partial charge in [-0.1, -0.05) is 20.9 Å². The van der Waals surface area contributed by atoms with Gasteiger partial charge in [-0.25, -0.2) is 18.7 Å². The molecule has 2 heterocycles. The molecule has 0 aliphatic carbocycles. The molecule has 0 aliphatic rings. The van der Waals surface area contributed by atoms with Crippen molar-refractivity contribution >= 4 is 65.6 Å². The lowest BCUT2D eigenvalue weighted by Crippen LogP contribution is -2.10. The fraction of sp³-hybridized carbons (Fsp3) is 0.292. The van der Waals surface area contributed by atoms with Crippen molar-refractivity contribution in [3.8, 4) is 0 Å². The van der Waals surface area contributed by atoms with Crippen molar-refractivity contribution in [1.82, 2.24) is 9.97 Å². The highest BCUT2D eigenvalue weighted by Gasteiger charge is 2.15. The zero-order valence-electron chi connectivity index (χ0n) is 17.6. The first kappa shape index (κ1) is 33.2. The van der Waals surface area contributed by atoms with Gasteiger partial charge in [0.05, 0.1) is 0 Å². The molecule has 1 N–H and O–H groups in total. The van der Waals surface area contributed by atoms with Crippen molar-refractivity contribution in [2.75, 3.05) is 18.5 Å². The minimum atomic E-state index is -0.715. The van der Waals surface area contributed by atoms with E-state index in [1.807, 2.05) is 26.0 Å². The summed E-state index contributed by atoms with van der Waals surface area (Å²) in [4.78, 5) is 18.8. The molecule has 0 bridgehead atoms. The Morgan fingerprint density at radius 2 is 1.51 bits per heavy atom. The van der Waals surface area contributed by atoms with E-state index in [1.54, 1.807) is 0 Å². The standard InChI is InChI=1S/C12H7BrF2N2O.C10H13Br2NO2.2CH4/c13-12-7(6-18)4-5-10(17-12)16-11-8(14)2-1-3-9(11)15;1-3-14-10(15-4-2)7-5-6-8(11)13-9(7)12;;/h1-6H,(H,16,17);5-6,10H,3-4H2,1-2H3;2*1H4. The normalized spacial score (nSPS) is 9.94. The summed E-state index contributed by atoms with van der Waals surface area (Å²) in [5.41, 5.74) is 0.979. The van der Waals surface area contributed by atoms with Crippen LogP contribution in [0.3, 0.4) is 0 Å². The number of halogens is 5. The van der Waals surface area contributed by atoms with Gasteiger partial charge in [-0.15, -0.1) is 0 Å². The Morgan fingerprint density at radius 3 is 2.00 bits per heavy atom. The van der Waals surface area contributed by atoms with Crippen LogP contribution in [-0.4, -0.2) is 29.5 Å². The molecule has 0 saturated carbocycles. The average Bonchev–Trinajstić information content (AvgIpc) is 2.77. The Labute approximate surface area is 230 Å². The lowest BCUT2D eigenvalue weighted by atomic mass is 10.2. The van der Waals surface area contributed by atoms with E-state index < -0.39 is 11.6 Å². The Kier molecular flexibility index (Phi) is 15.9. The fourth-order valence-corrected chi connectivity index (χ4v) is 3.95. The van der Waals surface area contributed by atoms with E-state index >= 15 is 0 Å². The number of nitrogens with zero attached hydrogens (tertiary/aromatic N) is 2. The van der Waals surface area contributed by atoms with Crippen LogP contribution >= 0.6 is 47.8 Å². The molecule has 1 aromatic carbocycles. The first-order valence-electron chi connectivity index (χ1n) is 9.68. The van der Waals surface area contributed by atoms with Crippen LogP contribution in [0.4, 0.5) is 20.3 Å². The number of aromatic nitrogens is 2. The molecule has 2 aromatic heterocycles. The van der Waals surface area contributed by atoms with E-state index in [4.69, 9.17) is 9.47 Å². The summed E-state index contributed by atoms with van der Waals surface area (Å²) in [5.74, 6) is -1.20. The maximum Gasteiger partial charge on any atom is 0.186 e. The molecule has 0 spiro atoms. The lowest BCUT2D eigenvalue weighted by Gasteiger charge is -2.17. The number of pyridine rings is 2. The zero-order chi connectivity index (χ0) is 24.4. The summed E-state index contributed by atoms with van der Waals surface area (Å²) >= 11 is 9.78. The van der Waals surface area contributed by atoms with Gasteiger partial charge in [0.1, 0.15) is 36.9 Å². The van der Waals surface area contributed by atoms with Crippen LogP contribution in [0.25, 0.3) is 0 Å². The Balaban J connectivity index is 0.000000635. The maximum absolute atomic E-state index is 13.4. The van der Waals surface area contributed by atoms with Crippen molar-refractivity contribution < 1.29 is 23.0 Å². The van der Waals surface area contributed by atoms with E-state index in [2.05, 4.69) is 63.1 Å². The Hall–Kier alpha value is -1.79. The van der Waals surface area contributed by atoms with Crippen LogP contribution in [0.2, 0.25) is 0 Å². The van der Waals surface area contributed by atoms with Gasteiger partial charge in [0, 0.05) is 24.3 Å². The van der Waals surface area contributed by atoms with Crippen molar-refractivity contribution in [3.05, 3.63) is 79.0 Å². The smallest absolute Gasteiger partial charge is 0.186 e. The molecular formula is C24H28Br3F2N3O3. The van der Waals surface area contributed by atoms with E-state index in [-0.39, 0.29) is 32.6 Å². The van der Waals surface area contributed by atoms with Gasteiger partial charge in [0.15, 0.2) is 12.6 Å². The molecule has 6 nitrogen and oxygen atoms in total. The van der Waals surface area contributed by atoms with Crippen molar-refractivity contribution in [1.29, 1.82) is 0 Å². The molecule has 0 atom stereocenters. The molecule has 0 saturated heterocycles. The predicted molar refractivity (Wildman–Crippen MR) is 146 cm³/mol. The van der Waals surface area contributed by atoms with Crippen LogP contribution in [-0.2, 0) is 9.47 Å². The van der Waals surface area contributed by atoms with Crippen LogP contribution in [0, 0.1) is 11.6 Å². The maximum atomic E-state index is 13.4. The highest BCUT2D eigenvalue weighted by Crippen LogP contribution is 2.27. The molecule has 0 unspecified atom stereocenters. The van der Waals surface area contributed by atoms with Gasteiger partial charge in [0.2, 0.25) is 0 Å². The summed E-state index contributed by atoms with van der Waals surface area (Å²) in [6.45, 7) is 5.08. The quantitative estimate of drug-likeness (QED) is 0.146. The second kappa shape index (κ2) is 16.8. The minimum absolute atomic E-state index is 0. The number of hydrogen-bond donors (Lipinski definition) is 1. The number of hydrogen-bond acceptors (Lipinski definition) is 6. The van der Waals surface area contributed by atoms with E-state index in [0.29, 0.717) is 29.7 Å². The second-order valence-corrected chi connectivity index (χ2v) is 8.49. The topological polar surface area (TPSA) is 73.3 Å². The van der Waals surface area contributed by atoms with Crippen LogP contribution in [0.15, 0.2) is 56.3 Å². The Morgan fingerprint density at radius 1 is 0.914 bits per heavy atom. The molecule has 192 valence electrons. The van der Waals surface area contributed by atoms with Gasteiger partial charge in [-0.05, 0) is 98.0 Å². The average molecular weight is 684 g/mol. The minimum Gasteiger partial charge on any atom is -0.349 e. The summed E-state index contributed by atoms with van der Waals surface area (Å²) in [7, 11) is 0. The van der Waals surface area contributed by atoms with E-state index in [0.717, 1.165) is 26.9 Å². The third kappa shape index (κ3) is 10.0. The number of carbonyl (C=O) groups is 1. The van der Waals surface area contributed by atoms with Crippen molar-refractivity contribution in [2.24, 2.45) is 0 Å². The second-order valence-electron chi connectivity index (χ2n) is 6.17. The molecule has 0 fully saturated rings. The largest absolute Gasteiger partial charge is 0.349 e. The van der Waals surface area contributed by atoms with Gasteiger partial charge < -0.3 is 14.8 Å². The van der Waals surface area contributed by atoms with E-state index in [9.17, 15) is 13.6 Å². The summed E-state index contributed by atoms with van der Waals surface area (Å²) < 4.78 is 39.6. The monoisotopic (exact) mass is 681 g/mol. The molecule has 0 amide bonds. The predicted octanol–water partition coefficient (Wildman–Crippen LogP) is 8.63. The molecular weight excluding hydrogens is 656 g/mol. The lowest BCUT2D eigenvalue weighted by molar-refractivity contribution is -0.140. The zero-order valence-corrected chi connectivity index (χ0v) is 22.4. The number of aldehydes is 1. The molecule has 3 rings (SSSR count). The number of benzene rings is 1. The van der Waals surface area contributed by atoms with Crippen molar-refractivity contribution in [2.45, 2.75) is 35.0 Å². The molecule has 0 aliphatic heterocycles. The third-order valence-electron chi connectivity index (χ3n) is 3.95. The molecule has 3 aromatic rings. The highest BCUT2D eigenvalue weighted by molar-refractivity contribution is 9.11. The first-order chi connectivity index (χ1) is 15.8. The number of rotatable bonds is 8. The number of carbonyl (C=O) groups excluding carboxylic acids is 1. The number of ether oxygens (including phenoxy) is 2. The number of anilines is 2. The molecule has 0 radical (unpaired) electrons. The van der Waals surface area contributed by atoms with Gasteiger partial charge in [-0.2, -0.15) is 0 Å². The molecule has 11 heteroatoms. The van der Waals surface area contributed by atoms with Gasteiger partial charge in [-0.3, -0.25) is 4.79 Å². The van der Waals surface area contributed by atoms with Gasteiger partial charge >= 0.3 is 0 Å². The van der Waals surface area contributed by atoms with Crippen LogP contribution < -0.4 is 5.32 Å². The van der Waals surface area contributed by atoms with E-state index in [1.165, 1.54) is 18.2 Å². The fourth-order valence-electron chi connectivity index (χ4n) is 2.48. The van der Waals surface area contributed by atoms with Crippen LogP contribution in [0.5, 0.6) is 0 Å². The number of nitrogens with one attached hydrogen (secondary N) is 1. The Bertz CT molecular complexity index is 1060. The third-order valence-corrected chi connectivity index (χ3v) is 5.67. The molecule has 35 heavy (non-hydrogen) atoms. The number of para-hydroxylation sites is 1. The van der Waals surface area contributed by atoms with Crippen LogP contribution in [0.1, 0.15) is 50.9 Å². The highest BCUT2D eigenvalue weighted by atomic mass is 79.9.